The molecule has 0 saturated carbocycles. The summed E-state index contributed by atoms with van der Waals surface area (Å²) < 4.78 is 0. The zero-order valence-electron chi connectivity index (χ0n) is 18.5. The van der Waals surface area contributed by atoms with Crippen LogP contribution in [0.5, 0.6) is 0 Å². The quantitative estimate of drug-likeness (QED) is 0.156. The van der Waals surface area contributed by atoms with Crippen molar-refractivity contribution in [3.63, 3.8) is 0 Å². The Morgan fingerprint density at radius 2 is 2.00 bits per heavy atom. The molecule has 0 spiro atoms. The average Bonchev–Trinajstić information content (AvgIpc) is 3.49. The SMILES string of the molecule is C=N/C=C\C(=N/Cc1ccc2cc(CN/C(C=N)=C/C=N)[nH]c2c1)Nc1ccc2[nH]ncc2c1. The molecule has 2 aromatic heterocycles. The maximum Gasteiger partial charge on any atom is 0.127 e. The summed E-state index contributed by atoms with van der Waals surface area (Å²) in [6.45, 7) is 4.52. The van der Waals surface area contributed by atoms with E-state index in [1.807, 2.05) is 18.2 Å². The standard InChI is InChI=1S/C25H25N9/c1-28-9-7-25(33-20-4-5-23-19(12-20)15-31-34-23)30-14-17-2-3-18-11-22(32-24(18)10-17)16-29-21(13-27)6-8-26/h2-13,15,26-27,29,32H,1,14,16H2,(H,30,33)(H,31,34)/b9-7-,21-6+,26-8?,27-13?. The number of allylic oxidation sites excluding steroid dienone is 2. The second kappa shape index (κ2) is 10.7. The third-order valence-corrected chi connectivity index (χ3v) is 5.13. The molecule has 4 rings (SSSR count). The van der Waals surface area contributed by atoms with Crippen LogP contribution in [0.25, 0.3) is 21.8 Å². The van der Waals surface area contributed by atoms with Crippen molar-refractivity contribution in [2.45, 2.75) is 13.1 Å². The van der Waals surface area contributed by atoms with Gasteiger partial charge in [-0.3, -0.25) is 15.1 Å². The molecule has 0 aliphatic heterocycles. The number of H-pyrrole nitrogens is 2. The van der Waals surface area contributed by atoms with Crippen molar-refractivity contribution in [3.05, 3.63) is 84.0 Å². The minimum absolute atomic E-state index is 0.486. The minimum Gasteiger partial charge on any atom is -0.378 e. The summed E-state index contributed by atoms with van der Waals surface area (Å²) in [6, 6.07) is 14.2. The molecule has 0 fully saturated rings. The van der Waals surface area contributed by atoms with Crippen LogP contribution in [0.4, 0.5) is 5.69 Å². The van der Waals surface area contributed by atoms with E-state index in [2.05, 4.69) is 61.8 Å². The highest BCUT2D eigenvalue weighted by Gasteiger charge is 2.04. The second-order valence-electron chi connectivity index (χ2n) is 7.50. The monoisotopic (exact) mass is 451 g/mol. The molecule has 0 unspecified atom stereocenters. The van der Waals surface area contributed by atoms with Gasteiger partial charge < -0.3 is 26.4 Å². The third-order valence-electron chi connectivity index (χ3n) is 5.13. The van der Waals surface area contributed by atoms with Gasteiger partial charge in [0, 0.05) is 40.9 Å². The van der Waals surface area contributed by atoms with E-state index in [4.69, 9.17) is 15.8 Å². The smallest absolute Gasteiger partial charge is 0.127 e. The van der Waals surface area contributed by atoms with Gasteiger partial charge in [-0.1, -0.05) is 12.1 Å². The molecule has 0 aliphatic rings. The summed E-state index contributed by atoms with van der Waals surface area (Å²) in [6.07, 6.45) is 9.06. The third kappa shape index (κ3) is 5.52. The van der Waals surface area contributed by atoms with Crippen molar-refractivity contribution in [1.29, 1.82) is 10.8 Å². The summed E-state index contributed by atoms with van der Waals surface area (Å²) in [5.41, 5.74) is 5.52. The number of rotatable bonds is 10. The first-order valence-electron chi connectivity index (χ1n) is 10.6. The molecule has 34 heavy (non-hydrogen) atoms. The number of nitrogens with zero attached hydrogens (tertiary/aromatic N) is 3. The van der Waals surface area contributed by atoms with Crippen LogP contribution < -0.4 is 10.6 Å². The Kier molecular flexibility index (Phi) is 7.04. The van der Waals surface area contributed by atoms with Gasteiger partial charge in [0.05, 0.1) is 30.5 Å². The molecule has 170 valence electrons. The predicted molar refractivity (Wildman–Crippen MR) is 140 cm³/mol. The lowest BCUT2D eigenvalue weighted by atomic mass is 10.1. The topological polar surface area (TPSA) is 141 Å². The molecule has 0 bridgehead atoms. The predicted octanol–water partition coefficient (Wildman–Crippen LogP) is 4.54. The fourth-order valence-electron chi connectivity index (χ4n) is 3.48. The number of anilines is 1. The number of benzene rings is 2. The normalized spacial score (nSPS) is 12.4. The van der Waals surface area contributed by atoms with Crippen molar-refractivity contribution in [1.82, 2.24) is 20.5 Å². The molecule has 0 amide bonds. The largest absolute Gasteiger partial charge is 0.378 e. The number of nitrogens with one attached hydrogen (secondary N) is 6. The van der Waals surface area contributed by atoms with E-state index in [1.165, 1.54) is 6.21 Å². The van der Waals surface area contributed by atoms with Crippen LogP contribution >= 0.6 is 0 Å². The van der Waals surface area contributed by atoms with Gasteiger partial charge in [0.2, 0.25) is 0 Å². The van der Waals surface area contributed by atoms with Crippen molar-refractivity contribution < 1.29 is 0 Å². The molecule has 0 radical (unpaired) electrons. The van der Waals surface area contributed by atoms with Gasteiger partial charge in [-0.15, -0.1) is 0 Å². The highest BCUT2D eigenvalue weighted by atomic mass is 15.1. The van der Waals surface area contributed by atoms with E-state index in [-0.39, 0.29) is 0 Å². The lowest BCUT2D eigenvalue weighted by Crippen LogP contribution is -2.13. The summed E-state index contributed by atoms with van der Waals surface area (Å²) in [4.78, 5) is 11.9. The molecule has 2 heterocycles. The van der Waals surface area contributed by atoms with Crippen LogP contribution in [0.2, 0.25) is 0 Å². The number of amidine groups is 1. The highest BCUT2D eigenvalue weighted by molar-refractivity contribution is 6.04. The van der Waals surface area contributed by atoms with Crippen molar-refractivity contribution in [2.24, 2.45) is 9.98 Å². The van der Waals surface area contributed by atoms with E-state index < -0.39 is 0 Å². The molecule has 0 saturated heterocycles. The molecule has 0 atom stereocenters. The Morgan fingerprint density at radius 3 is 2.82 bits per heavy atom. The highest BCUT2D eigenvalue weighted by Crippen LogP contribution is 2.19. The summed E-state index contributed by atoms with van der Waals surface area (Å²) >= 11 is 0. The fraction of sp³-hybridized carbons (Fsp3) is 0.0800. The zero-order valence-corrected chi connectivity index (χ0v) is 18.5. The molecule has 6 N–H and O–H groups in total. The van der Waals surface area contributed by atoms with Gasteiger partial charge in [0.25, 0.3) is 0 Å². The van der Waals surface area contributed by atoms with Gasteiger partial charge in [-0.25, -0.2) is 0 Å². The molecule has 2 aromatic carbocycles. The van der Waals surface area contributed by atoms with Gasteiger partial charge in [-0.2, -0.15) is 5.10 Å². The van der Waals surface area contributed by atoms with Gasteiger partial charge in [-0.05, 0) is 60.2 Å². The number of hydrogen-bond donors (Lipinski definition) is 6. The molecule has 4 aromatic rings. The molecular formula is C25H25N9. The zero-order chi connectivity index (χ0) is 23.8. The lowest BCUT2D eigenvalue weighted by Gasteiger charge is -2.07. The first-order valence-corrected chi connectivity index (χ1v) is 10.6. The lowest BCUT2D eigenvalue weighted by molar-refractivity contribution is 0.827. The number of aliphatic imine (C=N–C) groups is 2. The Labute approximate surface area is 196 Å². The maximum atomic E-state index is 7.38. The number of fused-ring (bicyclic) bond motifs is 2. The van der Waals surface area contributed by atoms with Crippen LogP contribution in [-0.2, 0) is 13.1 Å². The first kappa shape index (κ1) is 22.4. The van der Waals surface area contributed by atoms with E-state index in [9.17, 15) is 0 Å². The number of aromatic amines is 2. The minimum atomic E-state index is 0.486. The van der Waals surface area contributed by atoms with Crippen LogP contribution in [0.15, 0.2) is 82.7 Å². The van der Waals surface area contributed by atoms with Crippen LogP contribution in [0, 0.1) is 10.8 Å². The van der Waals surface area contributed by atoms with E-state index in [0.717, 1.165) is 45.0 Å². The van der Waals surface area contributed by atoms with Crippen molar-refractivity contribution >= 4 is 52.5 Å². The Hall–Kier alpha value is -4.79. The molecule has 9 nitrogen and oxygen atoms in total. The van der Waals surface area contributed by atoms with Crippen LogP contribution in [0.3, 0.4) is 0 Å². The summed E-state index contributed by atoms with van der Waals surface area (Å²) in [7, 11) is 0. The van der Waals surface area contributed by atoms with Gasteiger partial charge >= 0.3 is 0 Å². The van der Waals surface area contributed by atoms with Gasteiger partial charge in [0.15, 0.2) is 0 Å². The van der Waals surface area contributed by atoms with E-state index in [0.29, 0.717) is 24.6 Å². The van der Waals surface area contributed by atoms with Crippen LogP contribution in [0.1, 0.15) is 11.3 Å². The maximum absolute atomic E-state index is 7.38. The number of hydrogen-bond acceptors (Lipinski definition) is 6. The number of aromatic nitrogens is 3. The van der Waals surface area contributed by atoms with Crippen molar-refractivity contribution in [2.75, 3.05) is 5.32 Å². The van der Waals surface area contributed by atoms with Gasteiger partial charge in [0.1, 0.15) is 5.84 Å². The Morgan fingerprint density at radius 1 is 1.09 bits per heavy atom. The Balaban J connectivity index is 1.49. The molecule has 0 aliphatic carbocycles. The fourth-order valence-corrected chi connectivity index (χ4v) is 3.48. The average molecular weight is 452 g/mol. The van der Waals surface area contributed by atoms with Crippen LogP contribution in [-0.4, -0.2) is 40.2 Å². The first-order chi connectivity index (χ1) is 16.7. The Bertz CT molecular complexity index is 1420. The van der Waals surface area contributed by atoms with Crippen molar-refractivity contribution in [3.8, 4) is 0 Å². The molecular weight excluding hydrogens is 426 g/mol. The summed E-state index contributed by atoms with van der Waals surface area (Å²) in [5, 5.41) is 30.1. The molecule has 9 heteroatoms. The van der Waals surface area contributed by atoms with E-state index in [1.54, 1.807) is 24.5 Å². The van der Waals surface area contributed by atoms with E-state index >= 15 is 0 Å². The second-order valence-corrected chi connectivity index (χ2v) is 7.50. The summed E-state index contributed by atoms with van der Waals surface area (Å²) in [5.74, 6) is 0.670.